The number of ether oxygens (including phenoxy) is 2. The summed E-state index contributed by atoms with van der Waals surface area (Å²) < 4.78 is 11.5. The molecular formula is C15H25NO2. The van der Waals surface area contributed by atoms with Gasteiger partial charge in [-0.1, -0.05) is 25.1 Å². The summed E-state index contributed by atoms with van der Waals surface area (Å²) in [6, 6.07) is 8.32. The van der Waals surface area contributed by atoms with Crippen LogP contribution in [0.3, 0.4) is 0 Å². The fourth-order valence-corrected chi connectivity index (χ4v) is 1.73. The molecule has 0 aliphatic carbocycles. The fraction of sp³-hybridized carbons (Fsp3) is 0.600. The normalized spacial score (nSPS) is 12.7. The Kier molecular flexibility index (Phi) is 6.76. The van der Waals surface area contributed by atoms with Gasteiger partial charge in [0.05, 0.1) is 25.4 Å². The van der Waals surface area contributed by atoms with Crippen LogP contribution in [0.4, 0.5) is 0 Å². The number of hydrogen-bond acceptors (Lipinski definition) is 3. The summed E-state index contributed by atoms with van der Waals surface area (Å²) in [6.07, 6.45) is 1.26. The highest BCUT2D eigenvalue weighted by atomic mass is 16.5. The van der Waals surface area contributed by atoms with E-state index in [0.717, 1.165) is 24.3 Å². The first kappa shape index (κ1) is 15.0. The molecule has 0 amide bonds. The first-order valence-electron chi connectivity index (χ1n) is 6.69. The molecular weight excluding hydrogens is 226 g/mol. The standard InChI is InChI=1S/C15H25NO2/c1-5-10-17-15-9-7-6-8-13(15)14(16-4)11-18-12(2)3/h6-9,12,14,16H,5,10-11H2,1-4H3. The highest BCUT2D eigenvalue weighted by Crippen LogP contribution is 2.25. The van der Waals surface area contributed by atoms with Gasteiger partial charge >= 0.3 is 0 Å². The SMILES string of the molecule is CCCOc1ccccc1C(COC(C)C)NC. The summed E-state index contributed by atoms with van der Waals surface area (Å²) in [5.74, 6) is 0.950. The Morgan fingerprint density at radius 2 is 1.94 bits per heavy atom. The molecule has 18 heavy (non-hydrogen) atoms. The molecule has 0 bridgehead atoms. The summed E-state index contributed by atoms with van der Waals surface area (Å²) in [6.45, 7) is 7.61. The summed E-state index contributed by atoms with van der Waals surface area (Å²) >= 11 is 0. The van der Waals surface area contributed by atoms with E-state index in [4.69, 9.17) is 9.47 Å². The van der Waals surface area contributed by atoms with Crippen molar-refractivity contribution in [3.8, 4) is 5.75 Å². The van der Waals surface area contributed by atoms with Gasteiger partial charge in [-0.3, -0.25) is 0 Å². The van der Waals surface area contributed by atoms with Gasteiger partial charge in [-0.2, -0.15) is 0 Å². The Morgan fingerprint density at radius 3 is 2.56 bits per heavy atom. The average Bonchev–Trinajstić information content (AvgIpc) is 2.38. The molecule has 0 heterocycles. The van der Waals surface area contributed by atoms with Crippen LogP contribution in [0.25, 0.3) is 0 Å². The lowest BCUT2D eigenvalue weighted by Crippen LogP contribution is -2.24. The molecule has 102 valence electrons. The minimum Gasteiger partial charge on any atom is -0.493 e. The third-order valence-corrected chi connectivity index (χ3v) is 2.70. The molecule has 0 aliphatic heterocycles. The van der Waals surface area contributed by atoms with E-state index >= 15 is 0 Å². The predicted octanol–water partition coefficient (Wildman–Crippen LogP) is 3.16. The minimum absolute atomic E-state index is 0.167. The lowest BCUT2D eigenvalue weighted by atomic mass is 10.1. The minimum atomic E-state index is 0.167. The molecule has 0 aliphatic rings. The van der Waals surface area contributed by atoms with Gasteiger partial charge in [-0.25, -0.2) is 0 Å². The van der Waals surface area contributed by atoms with E-state index in [1.165, 1.54) is 0 Å². The molecule has 1 aromatic carbocycles. The molecule has 0 fully saturated rings. The summed E-state index contributed by atoms with van der Waals surface area (Å²) in [5, 5.41) is 3.29. The Hall–Kier alpha value is -1.06. The van der Waals surface area contributed by atoms with Gasteiger partial charge in [0.2, 0.25) is 0 Å². The van der Waals surface area contributed by atoms with Crippen molar-refractivity contribution >= 4 is 0 Å². The van der Waals surface area contributed by atoms with Crippen LogP contribution in [0.15, 0.2) is 24.3 Å². The third kappa shape index (κ3) is 4.67. The van der Waals surface area contributed by atoms with Gasteiger partial charge < -0.3 is 14.8 Å². The van der Waals surface area contributed by atoms with Gasteiger partial charge in [-0.15, -0.1) is 0 Å². The molecule has 3 heteroatoms. The average molecular weight is 251 g/mol. The molecule has 1 aromatic rings. The summed E-state index contributed by atoms with van der Waals surface area (Å²) in [4.78, 5) is 0. The van der Waals surface area contributed by atoms with Crippen molar-refractivity contribution < 1.29 is 9.47 Å². The smallest absolute Gasteiger partial charge is 0.124 e. The van der Waals surface area contributed by atoms with Gasteiger partial charge in [-0.05, 0) is 33.4 Å². The van der Waals surface area contributed by atoms with Crippen LogP contribution in [0.2, 0.25) is 0 Å². The Bertz CT molecular complexity index is 339. The molecule has 0 saturated heterocycles. The van der Waals surface area contributed by atoms with Crippen molar-refractivity contribution in [2.45, 2.75) is 39.3 Å². The molecule has 1 rings (SSSR count). The maximum absolute atomic E-state index is 5.78. The first-order chi connectivity index (χ1) is 8.69. The molecule has 3 nitrogen and oxygen atoms in total. The number of likely N-dealkylation sites (N-methyl/N-ethyl adjacent to an activating group) is 1. The fourth-order valence-electron chi connectivity index (χ4n) is 1.73. The van der Waals surface area contributed by atoms with E-state index in [0.29, 0.717) is 6.61 Å². The van der Waals surface area contributed by atoms with Gasteiger partial charge in [0, 0.05) is 5.56 Å². The number of benzene rings is 1. The van der Waals surface area contributed by atoms with E-state index in [-0.39, 0.29) is 12.1 Å². The maximum Gasteiger partial charge on any atom is 0.124 e. The first-order valence-corrected chi connectivity index (χ1v) is 6.69. The van der Waals surface area contributed by atoms with E-state index in [2.05, 4.69) is 18.3 Å². The van der Waals surface area contributed by atoms with Gasteiger partial charge in [0.15, 0.2) is 0 Å². The van der Waals surface area contributed by atoms with Crippen LogP contribution in [0.1, 0.15) is 38.8 Å². The topological polar surface area (TPSA) is 30.5 Å². The van der Waals surface area contributed by atoms with Crippen LogP contribution in [-0.2, 0) is 4.74 Å². The van der Waals surface area contributed by atoms with Crippen molar-refractivity contribution in [3.05, 3.63) is 29.8 Å². The summed E-state index contributed by atoms with van der Waals surface area (Å²) in [7, 11) is 1.95. The van der Waals surface area contributed by atoms with Crippen LogP contribution >= 0.6 is 0 Å². The Labute approximate surface area is 110 Å². The Balaban J connectivity index is 2.76. The lowest BCUT2D eigenvalue weighted by molar-refractivity contribution is 0.0620. The second-order valence-corrected chi connectivity index (χ2v) is 4.61. The molecule has 1 N–H and O–H groups in total. The molecule has 1 atom stereocenters. The van der Waals surface area contributed by atoms with Crippen LogP contribution in [0.5, 0.6) is 5.75 Å². The number of nitrogens with one attached hydrogen (secondary N) is 1. The zero-order chi connectivity index (χ0) is 13.4. The van der Waals surface area contributed by atoms with Gasteiger partial charge in [0.1, 0.15) is 5.75 Å². The van der Waals surface area contributed by atoms with Gasteiger partial charge in [0.25, 0.3) is 0 Å². The van der Waals surface area contributed by atoms with Crippen molar-refractivity contribution in [1.82, 2.24) is 5.32 Å². The predicted molar refractivity (Wildman–Crippen MR) is 75.1 cm³/mol. The third-order valence-electron chi connectivity index (χ3n) is 2.70. The quantitative estimate of drug-likeness (QED) is 0.770. The monoisotopic (exact) mass is 251 g/mol. The molecule has 0 radical (unpaired) electrons. The van der Waals surface area contributed by atoms with Crippen molar-refractivity contribution in [2.24, 2.45) is 0 Å². The van der Waals surface area contributed by atoms with Crippen LogP contribution < -0.4 is 10.1 Å². The van der Waals surface area contributed by atoms with E-state index in [1.54, 1.807) is 0 Å². The lowest BCUT2D eigenvalue weighted by Gasteiger charge is -2.21. The second-order valence-electron chi connectivity index (χ2n) is 4.61. The molecule has 0 saturated carbocycles. The second kappa shape index (κ2) is 8.11. The van der Waals surface area contributed by atoms with Crippen molar-refractivity contribution in [2.75, 3.05) is 20.3 Å². The molecule has 1 unspecified atom stereocenters. The van der Waals surface area contributed by atoms with E-state index in [9.17, 15) is 0 Å². The van der Waals surface area contributed by atoms with Crippen LogP contribution in [-0.4, -0.2) is 26.4 Å². The number of para-hydroxylation sites is 1. The van der Waals surface area contributed by atoms with E-state index < -0.39 is 0 Å². The molecule has 0 aromatic heterocycles. The highest BCUT2D eigenvalue weighted by Gasteiger charge is 2.14. The largest absolute Gasteiger partial charge is 0.493 e. The van der Waals surface area contributed by atoms with Crippen LogP contribution in [0, 0.1) is 0 Å². The van der Waals surface area contributed by atoms with Crippen molar-refractivity contribution in [3.63, 3.8) is 0 Å². The maximum atomic E-state index is 5.78. The number of rotatable bonds is 8. The highest BCUT2D eigenvalue weighted by molar-refractivity contribution is 5.36. The number of hydrogen-bond donors (Lipinski definition) is 1. The Morgan fingerprint density at radius 1 is 1.22 bits per heavy atom. The molecule has 0 spiro atoms. The zero-order valence-electron chi connectivity index (χ0n) is 11.9. The summed E-state index contributed by atoms with van der Waals surface area (Å²) in [5.41, 5.74) is 1.16. The van der Waals surface area contributed by atoms with Crippen molar-refractivity contribution in [1.29, 1.82) is 0 Å². The zero-order valence-corrected chi connectivity index (χ0v) is 11.9. The van der Waals surface area contributed by atoms with E-state index in [1.807, 2.05) is 39.1 Å².